The fraction of sp³-hybridized carbons (Fsp3) is 0.915. The Morgan fingerprint density at radius 2 is 0.523 bits per heavy atom. The zero-order valence-electron chi connectivity index (χ0n) is 44.0. The molecule has 0 unspecified atom stereocenters. The third-order valence-corrected chi connectivity index (χ3v) is 13.3. The van der Waals surface area contributed by atoms with E-state index >= 15 is 0 Å². The van der Waals surface area contributed by atoms with Crippen LogP contribution in [0, 0.1) is 0 Å². The maximum Gasteiger partial charge on any atom is 0.306 e. The van der Waals surface area contributed by atoms with Crippen molar-refractivity contribution < 1.29 is 28.6 Å². The van der Waals surface area contributed by atoms with E-state index in [4.69, 9.17) is 14.2 Å². The maximum atomic E-state index is 12.8. The molecule has 0 amide bonds. The molecule has 0 aliphatic carbocycles. The Labute approximate surface area is 405 Å². The highest BCUT2D eigenvalue weighted by Gasteiger charge is 2.19. The van der Waals surface area contributed by atoms with Crippen LogP contribution in [0.15, 0.2) is 12.2 Å². The van der Waals surface area contributed by atoms with Crippen LogP contribution in [0.25, 0.3) is 0 Å². The van der Waals surface area contributed by atoms with Gasteiger partial charge in [0.05, 0.1) is 0 Å². The summed E-state index contributed by atoms with van der Waals surface area (Å²) in [4.78, 5) is 38.1. The SMILES string of the molecule is CCCC/C=C\CCCCCCCC(=O)OC[C@H](COC(=O)CCCCCCCCCCCCCCCCCCCCCCC)OC(=O)CCCCCCCCCCCCCCCCC. The lowest BCUT2D eigenvalue weighted by Gasteiger charge is -2.18. The van der Waals surface area contributed by atoms with Crippen LogP contribution in [-0.4, -0.2) is 37.2 Å². The summed E-state index contributed by atoms with van der Waals surface area (Å²) >= 11 is 0. The Hall–Kier alpha value is -1.85. The van der Waals surface area contributed by atoms with Gasteiger partial charge in [0, 0.05) is 19.3 Å². The molecule has 65 heavy (non-hydrogen) atoms. The predicted molar refractivity (Wildman–Crippen MR) is 280 cm³/mol. The van der Waals surface area contributed by atoms with E-state index in [-0.39, 0.29) is 31.1 Å². The average molecular weight is 918 g/mol. The quantitative estimate of drug-likeness (QED) is 0.0262. The van der Waals surface area contributed by atoms with E-state index in [1.807, 2.05) is 0 Å². The van der Waals surface area contributed by atoms with Crippen LogP contribution in [-0.2, 0) is 28.6 Å². The number of ether oxygens (including phenoxy) is 3. The number of carbonyl (C=O) groups excluding carboxylic acids is 3. The first kappa shape index (κ1) is 63.1. The standard InChI is InChI=1S/C59H112O6/c1-4-7-10-13-16-19-22-24-26-27-28-29-30-31-33-34-37-40-43-46-49-52-58(61)64-55-56(54-63-57(60)51-48-45-42-39-36-21-18-15-12-9-6-3)65-59(62)53-50-47-44-41-38-35-32-25-23-20-17-14-11-8-5-2/h15,18,56H,4-14,16-17,19-55H2,1-3H3/b18-15-/t56-/m1/s1. The molecule has 1 atom stereocenters. The lowest BCUT2D eigenvalue weighted by atomic mass is 10.0. The number of esters is 3. The second-order valence-electron chi connectivity index (χ2n) is 19.9. The molecule has 0 aromatic carbocycles. The van der Waals surface area contributed by atoms with Crippen LogP contribution in [0.2, 0.25) is 0 Å². The molecule has 384 valence electrons. The third kappa shape index (κ3) is 53.0. The Morgan fingerprint density at radius 3 is 0.815 bits per heavy atom. The Kier molecular flexibility index (Phi) is 53.2. The molecule has 0 saturated carbocycles. The van der Waals surface area contributed by atoms with Gasteiger partial charge in [0.1, 0.15) is 13.2 Å². The number of hydrogen-bond donors (Lipinski definition) is 0. The van der Waals surface area contributed by atoms with Crippen molar-refractivity contribution in [2.75, 3.05) is 13.2 Å². The second kappa shape index (κ2) is 54.8. The van der Waals surface area contributed by atoms with Crippen molar-refractivity contribution in [1.82, 2.24) is 0 Å². The molecule has 6 nitrogen and oxygen atoms in total. The van der Waals surface area contributed by atoms with Gasteiger partial charge in [-0.25, -0.2) is 0 Å². The molecule has 0 saturated heterocycles. The summed E-state index contributed by atoms with van der Waals surface area (Å²) in [6.07, 6.45) is 62.1. The molecule has 0 spiro atoms. The van der Waals surface area contributed by atoms with Crippen molar-refractivity contribution in [2.45, 2.75) is 335 Å². The van der Waals surface area contributed by atoms with Crippen LogP contribution >= 0.6 is 0 Å². The van der Waals surface area contributed by atoms with E-state index in [2.05, 4.69) is 32.9 Å². The van der Waals surface area contributed by atoms with Gasteiger partial charge in [0.2, 0.25) is 0 Å². The van der Waals surface area contributed by atoms with Gasteiger partial charge in [-0.05, 0) is 38.5 Å². The first-order valence-electron chi connectivity index (χ1n) is 29.2. The summed E-state index contributed by atoms with van der Waals surface area (Å²) < 4.78 is 16.9. The molecule has 0 aromatic rings. The molecule has 0 bridgehead atoms. The van der Waals surface area contributed by atoms with Crippen molar-refractivity contribution in [3.05, 3.63) is 12.2 Å². The molecule has 0 heterocycles. The number of unbranched alkanes of at least 4 members (excludes halogenated alkanes) is 41. The van der Waals surface area contributed by atoms with Crippen LogP contribution in [0.5, 0.6) is 0 Å². The summed E-state index contributed by atoms with van der Waals surface area (Å²) in [7, 11) is 0. The third-order valence-electron chi connectivity index (χ3n) is 13.3. The van der Waals surface area contributed by atoms with Gasteiger partial charge < -0.3 is 14.2 Å². The number of hydrogen-bond acceptors (Lipinski definition) is 6. The zero-order chi connectivity index (χ0) is 47.2. The van der Waals surface area contributed by atoms with E-state index in [0.717, 1.165) is 64.2 Å². The molecule has 0 N–H and O–H groups in total. The lowest BCUT2D eigenvalue weighted by molar-refractivity contribution is -0.167. The Morgan fingerprint density at radius 1 is 0.292 bits per heavy atom. The van der Waals surface area contributed by atoms with Gasteiger partial charge >= 0.3 is 17.9 Å². The smallest absolute Gasteiger partial charge is 0.306 e. The van der Waals surface area contributed by atoms with Crippen LogP contribution < -0.4 is 0 Å². The maximum absolute atomic E-state index is 12.8. The minimum atomic E-state index is -0.767. The minimum Gasteiger partial charge on any atom is -0.462 e. The van der Waals surface area contributed by atoms with Gasteiger partial charge in [-0.2, -0.15) is 0 Å². The number of carbonyl (C=O) groups is 3. The van der Waals surface area contributed by atoms with Gasteiger partial charge in [-0.3, -0.25) is 14.4 Å². The minimum absolute atomic E-state index is 0.0666. The van der Waals surface area contributed by atoms with E-state index < -0.39 is 6.10 Å². The molecule has 0 aliphatic heterocycles. The van der Waals surface area contributed by atoms with E-state index in [9.17, 15) is 14.4 Å². The largest absolute Gasteiger partial charge is 0.462 e. The average Bonchev–Trinajstić information content (AvgIpc) is 3.30. The molecule has 0 radical (unpaired) electrons. The summed E-state index contributed by atoms with van der Waals surface area (Å²) in [5, 5.41) is 0. The van der Waals surface area contributed by atoms with Crippen molar-refractivity contribution in [2.24, 2.45) is 0 Å². The predicted octanol–water partition coefficient (Wildman–Crippen LogP) is 19.3. The molecule has 6 heteroatoms. The normalized spacial score (nSPS) is 12.0. The van der Waals surface area contributed by atoms with E-state index in [1.165, 1.54) is 225 Å². The Balaban J connectivity index is 4.22. The highest BCUT2D eigenvalue weighted by Crippen LogP contribution is 2.17. The fourth-order valence-corrected chi connectivity index (χ4v) is 8.84. The van der Waals surface area contributed by atoms with Crippen molar-refractivity contribution in [3.63, 3.8) is 0 Å². The van der Waals surface area contributed by atoms with Gasteiger partial charge in [-0.15, -0.1) is 0 Å². The molecular formula is C59H112O6. The molecule has 0 rings (SSSR count). The fourth-order valence-electron chi connectivity index (χ4n) is 8.84. The molecular weight excluding hydrogens is 805 g/mol. The van der Waals surface area contributed by atoms with Crippen molar-refractivity contribution in [3.8, 4) is 0 Å². The van der Waals surface area contributed by atoms with Gasteiger partial charge in [0.15, 0.2) is 6.10 Å². The summed E-state index contributed by atoms with van der Waals surface area (Å²) in [6, 6.07) is 0. The first-order chi connectivity index (χ1) is 32.0. The Bertz CT molecular complexity index is 1010. The van der Waals surface area contributed by atoms with E-state index in [0.29, 0.717) is 19.3 Å². The highest BCUT2D eigenvalue weighted by atomic mass is 16.6. The van der Waals surface area contributed by atoms with E-state index in [1.54, 1.807) is 0 Å². The summed E-state index contributed by atoms with van der Waals surface area (Å²) in [6.45, 7) is 6.65. The monoisotopic (exact) mass is 917 g/mol. The van der Waals surface area contributed by atoms with Crippen LogP contribution in [0.4, 0.5) is 0 Å². The van der Waals surface area contributed by atoms with Gasteiger partial charge in [0.25, 0.3) is 0 Å². The number of allylic oxidation sites excluding steroid dienone is 2. The molecule has 0 aromatic heterocycles. The van der Waals surface area contributed by atoms with Crippen molar-refractivity contribution >= 4 is 17.9 Å². The first-order valence-corrected chi connectivity index (χ1v) is 29.2. The molecule has 0 aliphatic rings. The highest BCUT2D eigenvalue weighted by molar-refractivity contribution is 5.71. The zero-order valence-corrected chi connectivity index (χ0v) is 44.0. The number of rotatable bonds is 54. The summed E-state index contributed by atoms with van der Waals surface area (Å²) in [5.41, 5.74) is 0. The second-order valence-corrected chi connectivity index (χ2v) is 19.9. The summed E-state index contributed by atoms with van der Waals surface area (Å²) in [5.74, 6) is -0.853. The van der Waals surface area contributed by atoms with Crippen LogP contribution in [0.1, 0.15) is 329 Å². The van der Waals surface area contributed by atoms with Crippen molar-refractivity contribution in [1.29, 1.82) is 0 Å². The lowest BCUT2D eigenvalue weighted by Crippen LogP contribution is -2.30. The topological polar surface area (TPSA) is 78.9 Å². The van der Waals surface area contributed by atoms with Crippen LogP contribution in [0.3, 0.4) is 0 Å². The van der Waals surface area contributed by atoms with Gasteiger partial charge in [-0.1, -0.05) is 283 Å². The molecule has 0 fully saturated rings.